The number of aromatic hydroxyl groups is 1. The lowest BCUT2D eigenvalue weighted by Crippen LogP contribution is -2.16. The molecule has 1 amide bonds. The number of anilines is 2. The second kappa shape index (κ2) is 9.21. The van der Waals surface area contributed by atoms with Crippen molar-refractivity contribution in [3.63, 3.8) is 0 Å². The van der Waals surface area contributed by atoms with Gasteiger partial charge < -0.3 is 20.1 Å². The number of carbonyl (C=O) groups is 1. The van der Waals surface area contributed by atoms with Crippen LogP contribution in [0.5, 0.6) is 11.5 Å². The summed E-state index contributed by atoms with van der Waals surface area (Å²) in [6, 6.07) is 17.8. The fourth-order valence-corrected chi connectivity index (χ4v) is 4.38. The van der Waals surface area contributed by atoms with Crippen LogP contribution < -0.4 is 14.8 Å². The third kappa shape index (κ3) is 5.07. The van der Waals surface area contributed by atoms with Crippen LogP contribution in [0, 0.1) is 0 Å². The Morgan fingerprint density at radius 2 is 1.82 bits per heavy atom. The highest BCUT2D eigenvalue weighted by Crippen LogP contribution is 2.30. The lowest BCUT2D eigenvalue weighted by atomic mass is 10.2. The van der Waals surface area contributed by atoms with Crippen LogP contribution in [0.2, 0.25) is 0 Å². The first-order valence-electron chi connectivity index (χ1n) is 10.1. The van der Waals surface area contributed by atoms with Crippen molar-refractivity contribution in [1.82, 2.24) is 9.97 Å². The molecule has 0 fully saturated rings. The molecule has 33 heavy (non-hydrogen) atoms. The van der Waals surface area contributed by atoms with Crippen LogP contribution in [-0.2, 0) is 21.2 Å². The zero-order chi connectivity index (χ0) is 23.4. The minimum absolute atomic E-state index is 0.00694. The summed E-state index contributed by atoms with van der Waals surface area (Å²) in [7, 11) is -2.56. The second-order valence-electron chi connectivity index (χ2n) is 7.23. The van der Waals surface area contributed by atoms with E-state index in [1.807, 2.05) is 24.3 Å². The number of aryl methyl sites for hydroxylation is 1. The first-order valence-corrected chi connectivity index (χ1v) is 11.6. The van der Waals surface area contributed by atoms with E-state index in [2.05, 4.69) is 20.0 Å². The average molecular weight is 467 g/mol. The molecular weight excluding hydrogens is 444 g/mol. The van der Waals surface area contributed by atoms with E-state index in [9.17, 15) is 18.3 Å². The third-order valence-corrected chi connectivity index (χ3v) is 6.29. The third-order valence-electron chi connectivity index (χ3n) is 4.93. The van der Waals surface area contributed by atoms with E-state index >= 15 is 0 Å². The average Bonchev–Trinajstić information content (AvgIpc) is 3.22. The van der Waals surface area contributed by atoms with Gasteiger partial charge in [-0.15, -0.1) is 0 Å². The molecule has 0 spiro atoms. The number of H-pyrrole nitrogens is 1. The van der Waals surface area contributed by atoms with Crippen molar-refractivity contribution in [3.8, 4) is 11.5 Å². The molecule has 9 nitrogen and oxygen atoms in total. The second-order valence-corrected chi connectivity index (χ2v) is 8.92. The summed E-state index contributed by atoms with van der Waals surface area (Å²) < 4.78 is 33.3. The number of phenolic OH excluding ortho intramolecular Hbond substituents is 1. The van der Waals surface area contributed by atoms with Gasteiger partial charge in [0.25, 0.3) is 10.0 Å². The maximum Gasteiger partial charge on any atom is 0.262 e. The maximum absolute atomic E-state index is 12.8. The number of sulfonamides is 1. The predicted octanol–water partition coefficient (Wildman–Crippen LogP) is 3.65. The van der Waals surface area contributed by atoms with E-state index in [4.69, 9.17) is 4.74 Å². The van der Waals surface area contributed by atoms with Gasteiger partial charge in [-0.1, -0.05) is 24.3 Å². The fraction of sp³-hybridized carbons (Fsp3) is 0.130. The number of amides is 1. The highest BCUT2D eigenvalue weighted by atomic mass is 32.2. The van der Waals surface area contributed by atoms with E-state index in [0.717, 1.165) is 11.0 Å². The Balaban J connectivity index is 1.46. The SMILES string of the molecule is COc1ccccc1NS(=O)(=O)c1ccc(O)c(NC(=O)CCc2nc3ccccc3[nH]2)c1. The Bertz CT molecular complexity index is 1380. The Kier molecular flexibility index (Phi) is 6.18. The number of para-hydroxylation sites is 4. The minimum Gasteiger partial charge on any atom is -0.506 e. The van der Waals surface area contributed by atoms with E-state index < -0.39 is 15.9 Å². The van der Waals surface area contributed by atoms with E-state index in [0.29, 0.717) is 18.0 Å². The van der Waals surface area contributed by atoms with Gasteiger partial charge in [0.2, 0.25) is 5.91 Å². The van der Waals surface area contributed by atoms with Crippen LogP contribution in [0.4, 0.5) is 11.4 Å². The monoisotopic (exact) mass is 466 g/mol. The van der Waals surface area contributed by atoms with Crippen molar-refractivity contribution in [2.24, 2.45) is 0 Å². The van der Waals surface area contributed by atoms with Gasteiger partial charge in [0.15, 0.2) is 0 Å². The van der Waals surface area contributed by atoms with Gasteiger partial charge >= 0.3 is 0 Å². The Hall–Kier alpha value is -4.05. The summed E-state index contributed by atoms with van der Waals surface area (Å²) in [5.74, 6) is 0.383. The molecule has 10 heteroatoms. The number of carbonyl (C=O) groups excluding carboxylic acids is 1. The summed E-state index contributed by atoms with van der Waals surface area (Å²) in [5, 5.41) is 12.7. The van der Waals surface area contributed by atoms with Gasteiger partial charge in [-0.2, -0.15) is 0 Å². The lowest BCUT2D eigenvalue weighted by molar-refractivity contribution is -0.116. The summed E-state index contributed by atoms with van der Waals surface area (Å²) in [5.41, 5.74) is 1.95. The first-order chi connectivity index (χ1) is 15.9. The molecule has 170 valence electrons. The molecule has 0 bridgehead atoms. The molecule has 0 saturated heterocycles. The lowest BCUT2D eigenvalue weighted by Gasteiger charge is -2.13. The number of nitrogens with one attached hydrogen (secondary N) is 3. The van der Waals surface area contributed by atoms with E-state index in [1.165, 1.54) is 25.3 Å². The molecule has 0 aliphatic carbocycles. The molecule has 0 aliphatic rings. The van der Waals surface area contributed by atoms with Crippen molar-refractivity contribution >= 4 is 38.3 Å². The van der Waals surface area contributed by atoms with E-state index in [1.54, 1.807) is 24.3 Å². The van der Waals surface area contributed by atoms with Crippen LogP contribution in [0.3, 0.4) is 0 Å². The summed E-state index contributed by atoms with van der Waals surface area (Å²) >= 11 is 0. The number of ether oxygens (including phenoxy) is 1. The van der Waals surface area contributed by atoms with Crippen LogP contribution in [0.1, 0.15) is 12.2 Å². The maximum atomic E-state index is 12.8. The Morgan fingerprint density at radius 1 is 1.06 bits per heavy atom. The van der Waals surface area contributed by atoms with Crippen molar-refractivity contribution in [2.75, 3.05) is 17.1 Å². The van der Waals surface area contributed by atoms with Crippen LogP contribution in [-0.4, -0.2) is 36.5 Å². The Labute approximate surface area is 190 Å². The summed E-state index contributed by atoms with van der Waals surface area (Å²) in [6.07, 6.45) is 0.449. The molecule has 0 atom stereocenters. The van der Waals surface area contributed by atoms with Crippen LogP contribution in [0.25, 0.3) is 11.0 Å². The number of fused-ring (bicyclic) bond motifs is 1. The molecular formula is C23H22N4O5S. The van der Waals surface area contributed by atoms with Crippen LogP contribution >= 0.6 is 0 Å². The first kappa shape index (κ1) is 22.2. The van der Waals surface area contributed by atoms with Crippen molar-refractivity contribution in [2.45, 2.75) is 17.7 Å². The van der Waals surface area contributed by atoms with Crippen molar-refractivity contribution in [1.29, 1.82) is 0 Å². The molecule has 0 unspecified atom stereocenters. The summed E-state index contributed by atoms with van der Waals surface area (Å²) in [6.45, 7) is 0. The number of aromatic nitrogens is 2. The minimum atomic E-state index is -4.00. The highest BCUT2D eigenvalue weighted by molar-refractivity contribution is 7.92. The molecule has 3 aromatic carbocycles. The van der Waals surface area contributed by atoms with Gasteiger partial charge in [0, 0.05) is 12.8 Å². The molecule has 0 aliphatic heterocycles. The van der Waals surface area contributed by atoms with Gasteiger partial charge in [-0.25, -0.2) is 13.4 Å². The van der Waals surface area contributed by atoms with E-state index in [-0.39, 0.29) is 28.4 Å². The number of phenols is 1. The van der Waals surface area contributed by atoms with Gasteiger partial charge in [-0.05, 0) is 42.5 Å². The number of rotatable bonds is 8. The predicted molar refractivity (Wildman–Crippen MR) is 125 cm³/mol. The van der Waals surface area contributed by atoms with Gasteiger partial charge in [0.1, 0.15) is 17.3 Å². The van der Waals surface area contributed by atoms with Crippen LogP contribution in [0.15, 0.2) is 71.6 Å². The normalized spacial score (nSPS) is 11.3. The molecule has 4 N–H and O–H groups in total. The number of imidazole rings is 1. The molecule has 1 heterocycles. The Morgan fingerprint density at radius 3 is 2.61 bits per heavy atom. The quantitative estimate of drug-likeness (QED) is 0.293. The molecule has 4 aromatic rings. The van der Waals surface area contributed by atoms with Gasteiger partial charge in [0.05, 0.1) is 34.4 Å². The molecule has 4 rings (SSSR count). The smallest absolute Gasteiger partial charge is 0.262 e. The number of hydrogen-bond acceptors (Lipinski definition) is 6. The molecule has 0 saturated carbocycles. The topological polar surface area (TPSA) is 133 Å². The number of nitrogens with zero attached hydrogens (tertiary/aromatic N) is 1. The summed E-state index contributed by atoms with van der Waals surface area (Å²) in [4.78, 5) is 19.9. The zero-order valence-corrected chi connectivity index (χ0v) is 18.5. The zero-order valence-electron chi connectivity index (χ0n) is 17.7. The fourth-order valence-electron chi connectivity index (χ4n) is 3.28. The number of aromatic amines is 1. The number of methoxy groups -OCH3 is 1. The standard InChI is InChI=1S/C23H22N4O5S/c1-32-21-9-5-4-8-18(21)27-33(30,31)15-10-11-20(28)19(14-15)26-23(29)13-12-22-24-16-6-2-3-7-17(16)25-22/h2-11,14,27-28H,12-13H2,1H3,(H,24,25)(H,26,29). The highest BCUT2D eigenvalue weighted by Gasteiger charge is 2.19. The molecule has 0 radical (unpaired) electrons. The number of hydrogen-bond donors (Lipinski definition) is 4. The molecule has 1 aromatic heterocycles. The van der Waals surface area contributed by atoms with Crippen molar-refractivity contribution in [3.05, 3.63) is 72.6 Å². The largest absolute Gasteiger partial charge is 0.506 e. The number of benzene rings is 3. The van der Waals surface area contributed by atoms with Gasteiger partial charge in [-0.3, -0.25) is 9.52 Å². The van der Waals surface area contributed by atoms with Crippen molar-refractivity contribution < 1.29 is 23.1 Å².